The number of piperidine rings is 1. The summed E-state index contributed by atoms with van der Waals surface area (Å²) in [5.41, 5.74) is 3.66. The van der Waals surface area contributed by atoms with Crippen LogP contribution in [0.2, 0.25) is 10.0 Å². The van der Waals surface area contributed by atoms with E-state index in [1.165, 1.54) is 23.1 Å². The van der Waals surface area contributed by atoms with E-state index in [1.807, 2.05) is 19.1 Å². The van der Waals surface area contributed by atoms with E-state index < -0.39 is 0 Å². The molecular weight excluding hydrogens is 495 g/mol. The number of nitrogens with one attached hydrogen (secondary N) is 1. The van der Waals surface area contributed by atoms with E-state index in [9.17, 15) is 4.79 Å². The molecule has 0 spiro atoms. The first-order chi connectivity index (χ1) is 17.3. The van der Waals surface area contributed by atoms with Crippen LogP contribution < -0.4 is 15.8 Å². The molecule has 7 nitrogen and oxygen atoms in total. The highest BCUT2D eigenvalue weighted by atomic mass is 35.5. The van der Waals surface area contributed by atoms with Gasteiger partial charge in [-0.1, -0.05) is 29.3 Å². The predicted molar refractivity (Wildman–Crippen MR) is 149 cm³/mol. The summed E-state index contributed by atoms with van der Waals surface area (Å²) in [6, 6.07) is 14.1. The van der Waals surface area contributed by atoms with Crippen LogP contribution in [0.3, 0.4) is 0 Å². The van der Waals surface area contributed by atoms with E-state index in [4.69, 9.17) is 23.2 Å². The first-order valence-electron chi connectivity index (χ1n) is 11.9. The second-order valence-corrected chi connectivity index (χ2v) is 10.2. The molecular formula is C27H28Cl2N6O. The molecule has 2 aromatic carbocycles. The fourth-order valence-electron chi connectivity index (χ4n) is 4.75. The lowest BCUT2D eigenvalue weighted by Crippen LogP contribution is -2.41. The molecule has 0 radical (unpaired) electrons. The van der Waals surface area contributed by atoms with Gasteiger partial charge in [0.15, 0.2) is 0 Å². The molecule has 0 atom stereocenters. The van der Waals surface area contributed by atoms with Crippen LogP contribution in [0.15, 0.2) is 59.7 Å². The molecule has 5 rings (SSSR count). The minimum Gasteiger partial charge on any atom is -0.371 e. The summed E-state index contributed by atoms with van der Waals surface area (Å²) < 4.78 is 1.46. The SMILES string of the molecule is Cc1cn(-c2c(Cl)cccc2Cl)c(=O)c2cnc(Nc3ccc(N4CCC(N(C)C)CC4)cc3)nc12. The van der Waals surface area contributed by atoms with Gasteiger partial charge in [-0.25, -0.2) is 9.97 Å². The van der Waals surface area contributed by atoms with Gasteiger partial charge in [0.1, 0.15) is 0 Å². The van der Waals surface area contributed by atoms with Crippen LogP contribution in [0, 0.1) is 6.92 Å². The number of fused-ring (bicyclic) bond motifs is 1. The Morgan fingerprint density at radius 3 is 2.33 bits per heavy atom. The van der Waals surface area contributed by atoms with Crippen molar-refractivity contribution in [2.24, 2.45) is 0 Å². The van der Waals surface area contributed by atoms with E-state index in [1.54, 1.807) is 30.6 Å². The maximum atomic E-state index is 13.2. The molecule has 1 N–H and O–H groups in total. The fourth-order valence-corrected chi connectivity index (χ4v) is 5.33. The number of rotatable bonds is 5. The van der Waals surface area contributed by atoms with E-state index in [0.717, 1.165) is 24.3 Å². The third kappa shape index (κ3) is 4.78. The van der Waals surface area contributed by atoms with Gasteiger partial charge in [-0.15, -0.1) is 0 Å². The topological polar surface area (TPSA) is 66.3 Å². The molecule has 4 aromatic rings. The fraction of sp³-hybridized carbons (Fsp3) is 0.296. The first-order valence-corrected chi connectivity index (χ1v) is 12.7. The zero-order valence-electron chi connectivity index (χ0n) is 20.5. The van der Waals surface area contributed by atoms with Crippen molar-refractivity contribution < 1.29 is 0 Å². The average molecular weight is 523 g/mol. The van der Waals surface area contributed by atoms with Crippen LogP contribution in [-0.4, -0.2) is 52.7 Å². The largest absolute Gasteiger partial charge is 0.371 e. The maximum absolute atomic E-state index is 13.2. The van der Waals surface area contributed by atoms with Crippen molar-refractivity contribution in [1.82, 2.24) is 19.4 Å². The highest BCUT2D eigenvalue weighted by molar-refractivity contribution is 6.37. The standard InChI is InChI=1S/C27H28Cl2N6O/c1-17-16-35(25-22(28)5-4-6-23(25)29)26(36)21-15-30-27(32-24(17)21)31-18-7-9-20(10-8-18)34-13-11-19(12-14-34)33(2)3/h4-10,15-16,19H,11-14H2,1-3H3,(H,30,31,32). The third-order valence-electron chi connectivity index (χ3n) is 6.80. The van der Waals surface area contributed by atoms with Crippen LogP contribution >= 0.6 is 23.2 Å². The number of benzene rings is 2. The minimum absolute atomic E-state index is 0.278. The lowest BCUT2D eigenvalue weighted by molar-refractivity contribution is 0.249. The summed E-state index contributed by atoms with van der Waals surface area (Å²) in [5.74, 6) is 0.429. The van der Waals surface area contributed by atoms with Crippen LogP contribution in [0.1, 0.15) is 18.4 Å². The zero-order valence-corrected chi connectivity index (χ0v) is 22.0. The zero-order chi connectivity index (χ0) is 25.4. The Bertz CT molecular complexity index is 1440. The molecule has 3 heterocycles. The number of anilines is 3. The summed E-state index contributed by atoms with van der Waals surface area (Å²) in [5, 5.41) is 4.45. The van der Waals surface area contributed by atoms with Crippen LogP contribution in [0.5, 0.6) is 0 Å². The molecule has 0 saturated carbocycles. The summed E-state index contributed by atoms with van der Waals surface area (Å²) in [4.78, 5) is 27.0. The molecule has 1 aliphatic rings. The molecule has 0 aliphatic carbocycles. The molecule has 0 amide bonds. The predicted octanol–water partition coefficient (Wildman–Crippen LogP) is 5.67. The van der Waals surface area contributed by atoms with Gasteiger partial charge >= 0.3 is 0 Å². The molecule has 186 valence electrons. The van der Waals surface area contributed by atoms with Crippen LogP contribution in [0.25, 0.3) is 16.6 Å². The van der Waals surface area contributed by atoms with Crippen LogP contribution in [0.4, 0.5) is 17.3 Å². The molecule has 1 fully saturated rings. The van der Waals surface area contributed by atoms with Crippen molar-refractivity contribution in [3.05, 3.63) is 80.8 Å². The summed E-state index contributed by atoms with van der Waals surface area (Å²) in [6.07, 6.45) is 5.59. The van der Waals surface area contributed by atoms with Crippen molar-refractivity contribution in [3.63, 3.8) is 0 Å². The molecule has 1 saturated heterocycles. The smallest absolute Gasteiger partial charge is 0.266 e. The number of para-hydroxylation sites is 1. The summed E-state index contributed by atoms with van der Waals surface area (Å²) in [7, 11) is 4.31. The highest BCUT2D eigenvalue weighted by Crippen LogP contribution is 2.29. The Kier molecular flexibility index (Phi) is 6.88. The van der Waals surface area contributed by atoms with Gasteiger partial charge < -0.3 is 15.1 Å². The number of halogens is 2. The van der Waals surface area contributed by atoms with E-state index >= 15 is 0 Å². The molecule has 9 heteroatoms. The van der Waals surface area contributed by atoms with Crippen molar-refractivity contribution in [2.45, 2.75) is 25.8 Å². The first kappa shape index (κ1) is 24.6. The molecule has 1 aliphatic heterocycles. The summed E-state index contributed by atoms with van der Waals surface area (Å²) >= 11 is 12.7. The van der Waals surface area contributed by atoms with Gasteiger partial charge in [-0.3, -0.25) is 9.36 Å². The Morgan fingerprint density at radius 2 is 1.69 bits per heavy atom. The number of hydrogen-bond acceptors (Lipinski definition) is 6. The van der Waals surface area contributed by atoms with Gasteiger partial charge in [0.05, 0.1) is 26.6 Å². The van der Waals surface area contributed by atoms with Gasteiger partial charge in [0, 0.05) is 42.9 Å². The van der Waals surface area contributed by atoms with Gasteiger partial charge in [-0.2, -0.15) is 0 Å². The van der Waals surface area contributed by atoms with Gasteiger partial charge in [-0.05, 0) is 75.8 Å². The molecule has 0 bridgehead atoms. The maximum Gasteiger partial charge on any atom is 0.266 e. The number of nitrogens with zero attached hydrogens (tertiary/aromatic N) is 5. The lowest BCUT2D eigenvalue weighted by Gasteiger charge is -2.36. The Labute approximate surface area is 220 Å². The second kappa shape index (κ2) is 10.1. The normalized spacial score (nSPS) is 14.6. The monoisotopic (exact) mass is 522 g/mol. The molecule has 2 aromatic heterocycles. The van der Waals surface area contributed by atoms with E-state index in [0.29, 0.717) is 38.6 Å². The quantitative estimate of drug-likeness (QED) is 0.364. The third-order valence-corrected chi connectivity index (χ3v) is 7.41. The Balaban J connectivity index is 1.37. The number of pyridine rings is 1. The van der Waals surface area contributed by atoms with Gasteiger partial charge in [0.25, 0.3) is 5.56 Å². The number of aromatic nitrogens is 3. The highest BCUT2D eigenvalue weighted by Gasteiger charge is 2.21. The van der Waals surface area contributed by atoms with Crippen molar-refractivity contribution in [1.29, 1.82) is 0 Å². The van der Waals surface area contributed by atoms with E-state index in [-0.39, 0.29) is 5.56 Å². The average Bonchev–Trinajstić information content (AvgIpc) is 2.87. The van der Waals surface area contributed by atoms with Crippen molar-refractivity contribution >= 4 is 51.4 Å². The minimum atomic E-state index is -0.278. The lowest BCUT2D eigenvalue weighted by atomic mass is 10.0. The van der Waals surface area contributed by atoms with Crippen molar-refractivity contribution in [3.8, 4) is 5.69 Å². The van der Waals surface area contributed by atoms with Crippen LogP contribution in [-0.2, 0) is 0 Å². The molecule has 0 unspecified atom stereocenters. The Hall–Kier alpha value is -3.13. The van der Waals surface area contributed by atoms with Crippen molar-refractivity contribution in [2.75, 3.05) is 37.4 Å². The molecule has 36 heavy (non-hydrogen) atoms. The van der Waals surface area contributed by atoms with Gasteiger partial charge in [0.2, 0.25) is 5.95 Å². The summed E-state index contributed by atoms with van der Waals surface area (Å²) in [6.45, 7) is 4.01. The number of aryl methyl sites for hydroxylation is 1. The second-order valence-electron chi connectivity index (χ2n) is 9.37. The van der Waals surface area contributed by atoms with E-state index in [2.05, 4.69) is 51.3 Å². The Morgan fingerprint density at radius 1 is 1.03 bits per heavy atom. The number of hydrogen-bond donors (Lipinski definition) is 1.